The van der Waals surface area contributed by atoms with Crippen LogP contribution in [0.4, 0.5) is 0 Å². The van der Waals surface area contributed by atoms with Gasteiger partial charge in [-0.2, -0.15) is 0 Å². The summed E-state index contributed by atoms with van der Waals surface area (Å²) in [6.07, 6.45) is 10.3. The summed E-state index contributed by atoms with van der Waals surface area (Å²) in [5.41, 5.74) is 6.43. The van der Waals surface area contributed by atoms with Crippen molar-refractivity contribution in [3.05, 3.63) is 67.7 Å². The van der Waals surface area contributed by atoms with Crippen LogP contribution in [0.1, 0.15) is 47.9 Å². The first-order valence-electron chi connectivity index (χ1n) is 10.7. The van der Waals surface area contributed by atoms with Gasteiger partial charge in [0.15, 0.2) is 0 Å². The van der Waals surface area contributed by atoms with Gasteiger partial charge in [-0.3, -0.25) is 0 Å². The zero-order valence-electron chi connectivity index (χ0n) is 15.7. The molecular formula is C24H28N2+2. The van der Waals surface area contributed by atoms with Crippen LogP contribution in [0.5, 0.6) is 0 Å². The normalized spacial score (nSPS) is 20.6. The smallest absolute Gasteiger partial charge is 0.206 e. The first kappa shape index (κ1) is 15.1. The van der Waals surface area contributed by atoms with Crippen molar-refractivity contribution >= 4 is 0 Å². The van der Waals surface area contributed by atoms with Gasteiger partial charge in [-0.25, -0.2) is 9.15 Å². The third-order valence-electron chi connectivity index (χ3n) is 7.00. The Kier molecular flexibility index (Phi) is 3.36. The monoisotopic (exact) mass is 344 g/mol. The van der Waals surface area contributed by atoms with Crippen molar-refractivity contribution in [3.8, 4) is 0 Å². The van der Waals surface area contributed by atoms with Crippen LogP contribution in [-0.4, -0.2) is 26.2 Å². The summed E-state index contributed by atoms with van der Waals surface area (Å²) in [4.78, 5) is 0. The second-order valence-corrected chi connectivity index (χ2v) is 8.67. The summed E-state index contributed by atoms with van der Waals surface area (Å²) in [5.74, 6) is 0. The molecule has 2 aromatic rings. The van der Waals surface area contributed by atoms with Crippen molar-refractivity contribution in [1.29, 1.82) is 0 Å². The van der Waals surface area contributed by atoms with Crippen molar-refractivity contribution in [2.75, 3.05) is 26.2 Å². The van der Waals surface area contributed by atoms with Crippen molar-refractivity contribution in [2.45, 2.75) is 51.4 Å². The lowest BCUT2D eigenvalue weighted by atomic mass is 9.92. The van der Waals surface area contributed by atoms with Gasteiger partial charge in [0.05, 0.1) is 0 Å². The lowest BCUT2D eigenvalue weighted by Crippen LogP contribution is -2.43. The van der Waals surface area contributed by atoms with E-state index in [1.807, 2.05) is 0 Å². The summed E-state index contributed by atoms with van der Waals surface area (Å²) < 4.78 is 5.30. The van der Waals surface area contributed by atoms with Gasteiger partial charge in [0.25, 0.3) is 0 Å². The molecule has 0 atom stereocenters. The molecule has 0 amide bonds. The summed E-state index contributed by atoms with van der Waals surface area (Å²) in [6, 6.07) is 10.1. The largest absolute Gasteiger partial charge is 0.229 e. The number of aryl methyl sites for hydroxylation is 4. The third kappa shape index (κ3) is 2.24. The number of hydrogen-bond donors (Lipinski definition) is 0. The van der Waals surface area contributed by atoms with Crippen molar-refractivity contribution in [1.82, 2.24) is 9.15 Å². The molecule has 2 heteroatoms. The van der Waals surface area contributed by atoms with Crippen molar-refractivity contribution in [2.24, 2.45) is 0 Å². The molecule has 0 saturated heterocycles. The SMILES string of the molecule is c1c2c3c(cc1=c1cc4c5c(c1)CCC[N+]=5CCC4)CCC[N+]=3CCC2. The third-order valence-corrected chi connectivity index (χ3v) is 7.00. The van der Waals surface area contributed by atoms with Crippen LogP contribution < -0.4 is 19.9 Å². The van der Waals surface area contributed by atoms with Gasteiger partial charge >= 0.3 is 0 Å². The molecule has 0 radical (unpaired) electrons. The van der Waals surface area contributed by atoms with E-state index in [0.717, 1.165) is 0 Å². The average molecular weight is 345 g/mol. The Hall–Kier alpha value is -1.96. The summed E-state index contributed by atoms with van der Waals surface area (Å²) in [6.45, 7) is 5.05. The standard InChI is InChI=1S/C24H28N2/c1-5-17-13-21(14-18-6-2-10-25(9-1)23(17)18)22-15-19-7-3-11-26-12-4-8-20(16-22)24(19)26/h13-16H,1-12H2/q+2. The fourth-order valence-corrected chi connectivity index (χ4v) is 5.94. The number of rotatable bonds is 0. The molecule has 0 N–H and O–H groups in total. The van der Waals surface area contributed by atoms with Gasteiger partial charge in [0.1, 0.15) is 26.2 Å². The first-order valence-corrected chi connectivity index (χ1v) is 10.7. The van der Waals surface area contributed by atoms with Crippen LogP contribution in [-0.2, 0) is 25.7 Å². The maximum Gasteiger partial charge on any atom is 0.206 e. The Morgan fingerprint density at radius 2 is 0.769 bits per heavy atom. The first-order chi connectivity index (χ1) is 12.9. The number of hydrogen-bond acceptors (Lipinski definition) is 0. The maximum atomic E-state index is 2.65. The average Bonchev–Trinajstić information content (AvgIpc) is 2.69. The molecule has 26 heavy (non-hydrogen) atoms. The molecule has 0 saturated carbocycles. The number of benzene rings is 2. The molecule has 132 valence electrons. The van der Waals surface area contributed by atoms with Crippen molar-refractivity contribution in [3.63, 3.8) is 0 Å². The second-order valence-electron chi connectivity index (χ2n) is 8.67. The zero-order chi connectivity index (χ0) is 17.1. The number of nitrogens with zero attached hydrogens (tertiary/aromatic N) is 2. The van der Waals surface area contributed by atoms with Gasteiger partial charge < -0.3 is 0 Å². The zero-order valence-corrected chi connectivity index (χ0v) is 15.7. The predicted molar refractivity (Wildman–Crippen MR) is 105 cm³/mol. The van der Waals surface area contributed by atoms with Crippen LogP contribution in [0.15, 0.2) is 24.3 Å². The highest BCUT2D eigenvalue weighted by Crippen LogP contribution is 2.16. The van der Waals surface area contributed by atoms with E-state index in [1.54, 1.807) is 33.0 Å². The topological polar surface area (TPSA) is 6.02 Å². The van der Waals surface area contributed by atoms with Gasteiger partial charge in [-0.15, -0.1) is 0 Å². The van der Waals surface area contributed by atoms with Crippen LogP contribution in [0, 0.1) is 10.4 Å². The quantitative estimate of drug-likeness (QED) is 0.642. The molecule has 0 bridgehead atoms. The van der Waals surface area contributed by atoms with E-state index >= 15 is 0 Å². The molecule has 4 heterocycles. The highest BCUT2D eigenvalue weighted by atomic mass is 15.0. The highest BCUT2D eigenvalue weighted by Gasteiger charge is 2.25. The molecule has 0 aromatic heterocycles. The van der Waals surface area contributed by atoms with Crippen LogP contribution in [0.2, 0.25) is 0 Å². The fourth-order valence-electron chi connectivity index (χ4n) is 5.94. The fraction of sp³-hybridized carbons (Fsp3) is 0.500. The maximum absolute atomic E-state index is 2.65. The van der Waals surface area contributed by atoms with Gasteiger partial charge in [-0.1, -0.05) is 0 Å². The lowest BCUT2D eigenvalue weighted by molar-refractivity contribution is 0.479. The molecule has 6 rings (SSSR count). The van der Waals surface area contributed by atoms with E-state index in [-0.39, 0.29) is 0 Å². The molecule has 0 aliphatic carbocycles. The summed E-state index contributed by atoms with van der Waals surface area (Å²) in [7, 11) is 0. The van der Waals surface area contributed by atoms with E-state index in [4.69, 9.17) is 0 Å². The van der Waals surface area contributed by atoms with E-state index in [1.165, 1.54) is 88.0 Å². The molecule has 4 aliphatic rings. The molecule has 0 spiro atoms. The molecule has 2 aromatic carbocycles. The van der Waals surface area contributed by atoms with Gasteiger partial charge in [0, 0.05) is 47.9 Å². The Bertz CT molecular complexity index is 970. The van der Waals surface area contributed by atoms with Crippen LogP contribution in [0.3, 0.4) is 0 Å². The van der Waals surface area contributed by atoms with Gasteiger partial charge in [0.2, 0.25) is 10.7 Å². The molecular weight excluding hydrogens is 316 g/mol. The Balaban J connectivity index is 1.71. The highest BCUT2D eigenvalue weighted by molar-refractivity contribution is 5.33. The Labute approximate surface area is 154 Å². The van der Waals surface area contributed by atoms with Crippen LogP contribution in [0.25, 0.3) is 0 Å². The molecule has 0 fully saturated rings. The van der Waals surface area contributed by atoms with E-state index in [0.29, 0.717) is 0 Å². The summed E-state index contributed by atoms with van der Waals surface area (Å²) in [5, 5.41) is 6.14. The molecule has 2 nitrogen and oxygen atoms in total. The lowest BCUT2D eigenvalue weighted by Gasteiger charge is -2.19. The van der Waals surface area contributed by atoms with E-state index < -0.39 is 0 Å². The minimum absolute atomic E-state index is 1.26. The second kappa shape index (κ2) is 5.77. The van der Waals surface area contributed by atoms with Gasteiger partial charge in [-0.05, 0) is 60.4 Å². The minimum Gasteiger partial charge on any atom is -0.229 e. The van der Waals surface area contributed by atoms with E-state index in [2.05, 4.69) is 33.4 Å². The minimum atomic E-state index is 1.26. The van der Waals surface area contributed by atoms with Crippen molar-refractivity contribution < 1.29 is 0 Å². The van der Waals surface area contributed by atoms with E-state index in [9.17, 15) is 0 Å². The molecule has 4 aliphatic heterocycles. The summed E-state index contributed by atoms with van der Waals surface area (Å²) >= 11 is 0. The Morgan fingerprint density at radius 1 is 0.462 bits per heavy atom. The predicted octanol–water partition coefficient (Wildman–Crippen LogP) is 1.74. The van der Waals surface area contributed by atoms with Crippen LogP contribution >= 0.6 is 0 Å². The molecule has 0 unspecified atom stereocenters. The Morgan fingerprint density at radius 3 is 1.08 bits per heavy atom.